The minimum Gasteiger partial charge on any atom is -0.494 e. The fourth-order valence-electron chi connectivity index (χ4n) is 4.99. The van der Waals surface area contributed by atoms with Crippen LogP contribution in [0.1, 0.15) is 12.0 Å². The Morgan fingerprint density at radius 3 is 2.75 bits per heavy atom. The van der Waals surface area contributed by atoms with Crippen LogP contribution in [0.3, 0.4) is 0 Å². The van der Waals surface area contributed by atoms with Crippen LogP contribution < -0.4 is 25.2 Å². The summed E-state index contributed by atoms with van der Waals surface area (Å²) in [6, 6.07) is 13.4. The third kappa shape index (κ3) is 5.41. The van der Waals surface area contributed by atoms with E-state index in [0.717, 1.165) is 36.4 Å². The second-order valence-electron chi connectivity index (χ2n) is 10.1. The number of rotatable bonds is 8. The molecule has 1 aromatic heterocycles. The van der Waals surface area contributed by atoms with Crippen LogP contribution in [-0.2, 0) is 11.3 Å². The van der Waals surface area contributed by atoms with Gasteiger partial charge in [0.2, 0.25) is 11.9 Å². The second kappa shape index (κ2) is 11.2. The predicted molar refractivity (Wildman–Crippen MR) is 157 cm³/mol. The topological polar surface area (TPSA) is 106 Å². The van der Waals surface area contributed by atoms with Crippen molar-refractivity contribution in [2.45, 2.75) is 19.0 Å². The van der Waals surface area contributed by atoms with Gasteiger partial charge in [-0.1, -0.05) is 12.6 Å². The number of ether oxygens (including phenoxy) is 1. The van der Waals surface area contributed by atoms with E-state index in [0.29, 0.717) is 41.5 Å². The molecule has 2 aliphatic heterocycles. The molecule has 2 N–H and O–H groups in total. The van der Waals surface area contributed by atoms with Gasteiger partial charge in [-0.2, -0.15) is 4.98 Å². The Hall–Kier alpha value is -4.64. The van der Waals surface area contributed by atoms with E-state index in [1.807, 2.05) is 12.1 Å². The molecule has 2 aliphatic rings. The van der Waals surface area contributed by atoms with Crippen LogP contribution in [0.25, 0.3) is 0 Å². The van der Waals surface area contributed by atoms with Gasteiger partial charge in [-0.15, -0.1) is 0 Å². The summed E-state index contributed by atoms with van der Waals surface area (Å²) < 4.78 is 5.71. The molecule has 1 atom stereocenters. The maximum absolute atomic E-state index is 13.3. The molecule has 0 spiro atoms. The summed E-state index contributed by atoms with van der Waals surface area (Å²) in [5, 5.41) is 6.00. The molecule has 3 aromatic rings. The highest BCUT2D eigenvalue weighted by atomic mass is 16.5. The van der Waals surface area contributed by atoms with Crippen molar-refractivity contribution in [3.05, 3.63) is 66.9 Å². The van der Waals surface area contributed by atoms with E-state index in [1.165, 1.54) is 11.0 Å². The van der Waals surface area contributed by atoms with Crippen molar-refractivity contribution in [3.63, 3.8) is 0 Å². The van der Waals surface area contributed by atoms with Crippen molar-refractivity contribution in [1.82, 2.24) is 19.8 Å². The molecule has 0 unspecified atom stereocenters. The maximum Gasteiger partial charge on any atom is 0.330 e. The van der Waals surface area contributed by atoms with E-state index in [1.54, 1.807) is 49.5 Å². The summed E-state index contributed by atoms with van der Waals surface area (Å²) in [5.74, 6) is 1.13. The van der Waals surface area contributed by atoms with Crippen LogP contribution in [0.4, 0.5) is 39.3 Å². The molecule has 1 saturated heterocycles. The lowest BCUT2D eigenvalue weighted by molar-refractivity contribution is -0.111. The van der Waals surface area contributed by atoms with E-state index in [9.17, 15) is 9.59 Å². The van der Waals surface area contributed by atoms with Crippen LogP contribution in [0.5, 0.6) is 5.75 Å². The van der Waals surface area contributed by atoms with Gasteiger partial charge in [0, 0.05) is 55.4 Å². The van der Waals surface area contributed by atoms with E-state index in [4.69, 9.17) is 9.72 Å². The van der Waals surface area contributed by atoms with Crippen molar-refractivity contribution >= 4 is 46.5 Å². The number of hydrogen-bond acceptors (Lipinski definition) is 8. The molecule has 5 rings (SSSR count). The fourth-order valence-corrected chi connectivity index (χ4v) is 4.99. The first-order valence-corrected chi connectivity index (χ1v) is 13.1. The highest BCUT2D eigenvalue weighted by molar-refractivity contribution is 6.03. The van der Waals surface area contributed by atoms with Gasteiger partial charge >= 0.3 is 6.03 Å². The highest BCUT2D eigenvalue weighted by Crippen LogP contribution is 2.36. The van der Waals surface area contributed by atoms with Crippen LogP contribution in [0.2, 0.25) is 0 Å². The Bertz CT molecular complexity index is 1440. The average Bonchev–Trinajstić information content (AvgIpc) is 3.45. The van der Waals surface area contributed by atoms with Crippen LogP contribution in [-0.4, -0.2) is 79.1 Å². The summed E-state index contributed by atoms with van der Waals surface area (Å²) >= 11 is 0. The molecular weight excluding hydrogens is 508 g/mol. The Kier molecular flexibility index (Phi) is 7.56. The molecule has 0 bridgehead atoms. The number of benzene rings is 2. The molecule has 3 heterocycles. The first-order valence-electron chi connectivity index (χ1n) is 13.1. The van der Waals surface area contributed by atoms with Crippen LogP contribution >= 0.6 is 0 Å². The molecule has 3 amide bonds. The molecule has 208 valence electrons. The monoisotopic (exact) mass is 542 g/mol. The number of carbonyl (C=O) groups is 2. The molecular formula is C29H34N8O3. The highest BCUT2D eigenvalue weighted by Gasteiger charge is 2.32. The minimum absolute atomic E-state index is 0.243. The number of hydrogen-bond donors (Lipinski definition) is 2. The zero-order chi connectivity index (χ0) is 28.4. The summed E-state index contributed by atoms with van der Waals surface area (Å²) in [4.78, 5) is 42.1. The number of nitrogens with zero attached hydrogens (tertiary/aromatic N) is 6. The Morgan fingerprint density at radius 2 is 2.02 bits per heavy atom. The van der Waals surface area contributed by atoms with Crippen molar-refractivity contribution < 1.29 is 14.3 Å². The number of likely N-dealkylation sites (N-methyl/N-ethyl adjacent to an activating group) is 1. The average molecular weight is 543 g/mol. The molecule has 0 saturated carbocycles. The first kappa shape index (κ1) is 26.9. The predicted octanol–water partition coefficient (Wildman–Crippen LogP) is 4.20. The number of nitrogens with one attached hydrogen (secondary N) is 2. The molecule has 0 radical (unpaired) electrons. The van der Waals surface area contributed by atoms with Gasteiger partial charge in [-0.3, -0.25) is 4.79 Å². The zero-order valence-electron chi connectivity index (χ0n) is 23.2. The Morgan fingerprint density at radius 1 is 1.20 bits per heavy atom. The third-order valence-corrected chi connectivity index (χ3v) is 7.23. The standard InChI is InChI=1S/C29H34N8O3/c1-6-26(38)31-20-8-7-9-22(14-20)37-27-19(17-35(4)29(37)39)16-30-28(33-27)32-24-11-10-21(15-25(24)40-5)36-13-12-23(18-36)34(2)3/h6-11,14-16,23H,1,12-13,17-18H2,2-5H3,(H,31,38)(H,30,32,33)/t23-/m0/s1. The van der Waals surface area contributed by atoms with Gasteiger partial charge in [-0.05, 0) is 56.9 Å². The normalized spacial score (nSPS) is 16.7. The quantitative estimate of drug-likeness (QED) is 0.408. The van der Waals surface area contributed by atoms with Crippen LogP contribution in [0.15, 0.2) is 61.3 Å². The second-order valence-corrected chi connectivity index (χ2v) is 10.1. The number of urea groups is 1. The lowest BCUT2D eigenvalue weighted by Crippen LogP contribution is -2.43. The van der Waals surface area contributed by atoms with Gasteiger partial charge in [-0.25, -0.2) is 14.7 Å². The molecule has 11 heteroatoms. The molecule has 11 nitrogen and oxygen atoms in total. The number of fused-ring (bicyclic) bond motifs is 1. The smallest absolute Gasteiger partial charge is 0.330 e. The minimum atomic E-state index is -0.337. The first-order chi connectivity index (χ1) is 19.3. The van der Waals surface area contributed by atoms with Crippen molar-refractivity contribution in [2.24, 2.45) is 0 Å². The lowest BCUT2D eigenvalue weighted by Gasteiger charge is -2.34. The Balaban J connectivity index is 1.43. The number of amides is 3. The lowest BCUT2D eigenvalue weighted by atomic mass is 10.2. The number of aromatic nitrogens is 2. The van der Waals surface area contributed by atoms with Gasteiger partial charge in [0.1, 0.15) is 5.75 Å². The molecule has 1 fully saturated rings. The maximum atomic E-state index is 13.3. The SMILES string of the molecule is C=CC(=O)Nc1cccc(N2C(=O)N(C)Cc3cnc(Nc4ccc(N5CC[C@H](N(C)C)C5)cc4OC)nc32)c1. The summed E-state index contributed by atoms with van der Waals surface area (Å²) in [7, 11) is 7.59. The zero-order valence-corrected chi connectivity index (χ0v) is 23.2. The van der Waals surface area contributed by atoms with E-state index in [2.05, 4.69) is 52.2 Å². The summed E-state index contributed by atoms with van der Waals surface area (Å²) in [5.41, 5.74) is 3.71. The number of carbonyl (C=O) groups excluding carboxylic acids is 2. The largest absolute Gasteiger partial charge is 0.494 e. The number of methoxy groups -OCH3 is 1. The van der Waals surface area contributed by atoms with Gasteiger partial charge in [0.05, 0.1) is 25.0 Å². The molecule has 40 heavy (non-hydrogen) atoms. The van der Waals surface area contributed by atoms with Crippen molar-refractivity contribution in [2.75, 3.05) is 61.8 Å². The van der Waals surface area contributed by atoms with Gasteiger partial charge in [0.15, 0.2) is 5.82 Å². The fraction of sp³-hybridized carbons (Fsp3) is 0.310. The third-order valence-electron chi connectivity index (χ3n) is 7.23. The summed E-state index contributed by atoms with van der Waals surface area (Å²) in [6.45, 7) is 5.82. The Labute approximate surface area is 234 Å². The van der Waals surface area contributed by atoms with E-state index >= 15 is 0 Å². The molecule has 0 aliphatic carbocycles. The van der Waals surface area contributed by atoms with Crippen molar-refractivity contribution in [3.8, 4) is 5.75 Å². The van der Waals surface area contributed by atoms with Gasteiger partial charge in [0.25, 0.3) is 0 Å². The number of anilines is 6. The van der Waals surface area contributed by atoms with Gasteiger partial charge < -0.3 is 30.1 Å². The summed E-state index contributed by atoms with van der Waals surface area (Å²) in [6.07, 6.45) is 4.03. The van der Waals surface area contributed by atoms with Crippen LogP contribution in [0, 0.1) is 0 Å². The van der Waals surface area contributed by atoms with E-state index in [-0.39, 0.29) is 11.9 Å². The van der Waals surface area contributed by atoms with Crippen molar-refractivity contribution in [1.29, 1.82) is 0 Å². The molecule has 2 aromatic carbocycles. The van der Waals surface area contributed by atoms with E-state index < -0.39 is 0 Å².